The fourth-order valence-corrected chi connectivity index (χ4v) is 4.01. The number of benzene rings is 2. The number of carbonyl (C=O) groups excluding carboxylic acids is 1. The van der Waals surface area contributed by atoms with Gasteiger partial charge < -0.3 is 14.8 Å². The molecule has 0 aliphatic rings. The van der Waals surface area contributed by atoms with Gasteiger partial charge in [0, 0.05) is 5.69 Å². The van der Waals surface area contributed by atoms with E-state index in [4.69, 9.17) is 21.1 Å². The maximum atomic E-state index is 13.1. The average Bonchev–Trinajstić information content (AvgIpc) is 2.85. The lowest BCUT2D eigenvalue weighted by Gasteiger charge is -2.20. The summed E-state index contributed by atoms with van der Waals surface area (Å²) in [7, 11) is 0. The zero-order valence-electron chi connectivity index (χ0n) is 21.0. The summed E-state index contributed by atoms with van der Waals surface area (Å²) in [5.41, 5.74) is 0.727. The highest BCUT2D eigenvalue weighted by Crippen LogP contribution is 2.26. The van der Waals surface area contributed by atoms with Crippen molar-refractivity contribution in [1.29, 1.82) is 0 Å². The van der Waals surface area contributed by atoms with Gasteiger partial charge in [0.2, 0.25) is 0 Å². The van der Waals surface area contributed by atoms with Crippen molar-refractivity contribution in [1.82, 2.24) is 0 Å². The van der Waals surface area contributed by atoms with Crippen LogP contribution in [0.4, 0.5) is 5.69 Å². The van der Waals surface area contributed by atoms with Crippen LogP contribution in [0.15, 0.2) is 48.5 Å². The van der Waals surface area contributed by atoms with Gasteiger partial charge in [-0.15, -0.1) is 0 Å². The molecular formula is C29H42ClNO3. The molecule has 4 nitrogen and oxygen atoms in total. The number of carbonyl (C=O) groups is 1. The fourth-order valence-electron chi connectivity index (χ4n) is 3.83. The molecule has 2 aromatic carbocycles. The molecule has 1 unspecified atom stereocenters. The first-order chi connectivity index (χ1) is 16.6. The molecule has 0 heterocycles. The summed E-state index contributed by atoms with van der Waals surface area (Å²) in [5.74, 6) is 1.19. The van der Waals surface area contributed by atoms with Crippen LogP contribution in [-0.2, 0) is 4.79 Å². The van der Waals surface area contributed by atoms with Gasteiger partial charge in [0.15, 0.2) is 6.10 Å². The van der Waals surface area contributed by atoms with Crippen LogP contribution in [0.25, 0.3) is 0 Å². The first-order valence-electron chi connectivity index (χ1n) is 13.1. The fraction of sp³-hybridized carbons (Fsp3) is 0.552. The SMILES string of the molecule is CCCCCCCCCCCCC(Oc1ccccc1Cl)C(=O)Nc1ccc(OCCC)cc1. The summed E-state index contributed by atoms with van der Waals surface area (Å²) in [6.45, 7) is 5.00. The molecule has 0 aromatic heterocycles. The third-order valence-electron chi connectivity index (χ3n) is 5.81. The number of hydrogen-bond acceptors (Lipinski definition) is 3. The van der Waals surface area contributed by atoms with Gasteiger partial charge in [-0.25, -0.2) is 0 Å². The zero-order chi connectivity index (χ0) is 24.4. The number of para-hydroxylation sites is 1. The number of halogens is 1. The van der Waals surface area contributed by atoms with E-state index < -0.39 is 6.10 Å². The third-order valence-corrected chi connectivity index (χ3v) is 6.13. The molecular weight excluding hydrogens is 446 g/mol. The van der Waals surface area contributed by atoms with E-state index in [1.165, 1.54) is 51.4 Å². The minimum Gasteiger partial charge on any atom is -0.494 e. The van der Waals surface area contributed by atoms with E-state index in [2.05, 4.69) is 19.2 Å². The van der Waals surface area contributed by atoms with Gasteiger partial charge in [-0.1, -0.05) is 95.4 Å². The molecule has 1 amide bonds. The maximum absolute atomic E-state index is 13.1. The van der Waals surface area contributed by atoms with E-state index in [9.17, 15) is 4.79 Å². The van der Waals surface area contributed by atoms with E-state index in [0.29, 0.717) is 23.8 Å². The summed E-state index contributed by atoms with van der Waals surface area (Å²) in [5, 5.41) is 3.50. The Kier molecular flexibility index (Phi) is 14.2. The van der Waals surface area contributed by atoms with Crippen molar-refractivity contribution < 1.29 is 14.3 Å². The smallest absolute Gasteiger partial charge is 0.265 e. The normalized spacial score (nSPS) is 11.7. The van der Waals surface area contributed by atoms with Crippen LogP contribution in [0, 0.1) is 0 Å². The molecule has 0 saturated carbocycles. The minimum atomic E-state index is -0.593. The second-order valence-corrected chi connectivity index (χ2v) is 9.28. The van der Waals surface area contributed by atoms with E-state index in [0.717, 1.165) is 30.7 Å². The topological polar surface area (TPSA) is 47.6 Å². The number of amides is 1. The van der Waals surface area contributed by atoms with Crippen molar-refractivity contribution in [3.05, 3.63) is 53.6 Å². The van der Waals surface area contributed by atoms with E-state index in [-0.39, 0.29) is 5.91 Å². The van der Waals surface area contributed by atoms with Crippen LogP contribution in [0.1, 0.15) is 90.9 Å². The quantitative estimate of drug-likeness (QED) is 0.213. The summed E-state index contributed by atoms with van der Waals surface area (Å²) in [6, 6.07) is 14.8. The van der Waals surface area contributed by atoms with Crippen LogP contribution < -0.4 is 14.8 Å². The van der Waals surface area contributed by atoms with Crippen molar-refractivity contribution in [2.45, 2.75) is 97.0 Å². The zero-order valence-corrected chi connectivity index (χ0v) is 21.7. The van der Waals surface area contributed by atoms with Gasteiger partial charge in [0.25, 0.3) is 5.91 Å². The summed E-state index contributed by atoms with van der Waals surface area (Å²) in [6.07, 6.45) is 13.5. The number of ether oxygens (including phenoxy) is 2. The molecule has 0 radical (unpaired) electrons. The highest BCUT2D eigenvalue weighted by molar-refractivity contribution is 6.32. The molecule has 0 spiro atoms. The van der Waals surface area contributed by atoms with Crippen LogP contribution in [0.5, 0.6) is 11.5 Å². The Labute approximate surface area is 211 Å². The molecule has 5 heteroatoms. The van der Waals surface area contributed by atoms with Crippen LogP contribution in [0.3, 0.4) is 0 Å². The summed E-state index contributed by atoms with van der Waals surface area (Å²) < 4.78 is 11.7. The molecule has 0 aliphatic heterocycles. The summed E-state index contributed by atoms with van der Waals surface area (Å²) >= 11 is 6.29. The van der Waals surface area contributed by atoms with Crippen molar-refractivity contribution in [2.75, 3.05) is 11.9 Å². The van der Waals surface area contributed by atoms with Crippen LogP contribution in [-0.4, -0.2) is 18.6 Å². The first-order valence-corrected chi connectivity index (χ1v) is 13.5. The van der Waals surface area contributed by atoms with Gasteiger partial charge in [0.05, 0.1) is 11.6 Å². The second kappa shape index (κ2) is 17.3. The van der Waals surface area contributed by atoms with Crippen molar-refractivity contribution in [2.24, 2.45) is 0 Å². The second-order valence-electron chi connectivity index (χ2n) is 8.87. The van der Waals surface area contributed by atoms with Gasteiger partial charge in [-0.2, -0.15) is 0 Å². The lowest BCUT2D eigenvalue weighted by atomic mass is 10.0. The maximum Gasteiger partial charge on any atom is 0.265 e. The number of anilines is 1. The number of unbranched alkanes of at least 4 members (excludes halogenated alkanes) is 9. The Hall–Kier alpha value is -2.20. The van der Waals surface area contributed by atoms with E-state index >= 15 is 0 Å². The van der Waals surface area contributed by atoms with Crippen molar-refractivity contribution >= 4 is 23.2 Å². The Bertz CT molecular complexity index is 809. The first kappa shape index (κ1) is 28.0. The molecule has 34 heavy (non-hydrogen) atoms. The van der Waals surface area contributed by atoms with Gasteiger partial charge in [-0.3, -0.25) is 4.79 Å². The molecule has 1 N–H and O–H groups in total. The highest BCUT2D eigenvalue weighted by atomic mass is 35.5. The number of rotatable bonds is 18. The standard InChI is InChI=1S/C29H42ClNO3/c1-3-5-6-7-8-9-10-11-12-13-18-28(34-27-17-15-14-16-26(27)30)29(32)31-24-19-21-25(22-20-24)33-23-4-2/h14-17,19-22,28H,3-13,18,23H2,1-2H3,(H,31,32). The Morgan fingerprint density at radius 1 is 0.824 bits per heavy atom. The van der Waals surface area contributed by atoms with E-state index in [1.807, 2.05) is 36.4 Å². The molecule has 0 fully saturated rings. The molecule has 1 atom stereocenters. The molecule has 2 aromatic rings. The highest BCUT2D eigenvalue weighted by Gasteiger charge is 2.21. The van der Waals surface area contributed by atoms with Gasteiger partial charge >= 0.3 is 0 Å². The minimum absolute atomic E-state index is 0.155. The van der Waals surface area contributed by atoms with E-state index in [1.54, 1.807) is 12.1 Å². The number of nitrogens with one attached hydrogen (secondary N) is 1. The molecule has 0 bridgehead atoms. The lowest BCUT2D eigenvalue weighted by Crippen LogP contribution is -2.33. The number of hydrogen-bond donors (Lipinski definition) is 1. The molecule has 0 aliphatic carbocycles. The monoisotopic (exact) mass is 487 g/mol. The van der Waals surface area contributed by atoms with Crippen molar-refractivity contribution in [3.8, 4) is 11.5 Å². The van der Waals surface area contributed by atoms with Crippen LogP contribution in [0.2, 0.25) is 5.02 Å². The molecule has 2 rings (SSSR count). The van der Waals surface area contributed by atoms with Gasteiger partial charge in [0.1, 0.15) is 11.5 Å². The largest absolute Gasteiger partial charge is 0.494 e. The Balaban J connectivity index is 1.84. The predicted molar refractivity (Wildman–Crippen MR) is 143 cm³/mol. The summed E-state index contributed by atoms with van der Waals surface area (Å²) in [4.78, 5) is 13.1. The average molecular weight is 488 g/mol. The van der Waals surface area contributed by atoms with Crippen molar-refractivity contribution in [3.63, 3.8) is 0 Å². The molecule has 188 valence electrons. The Morgan fingerprint density at radius 3 is 2.06 bits per heavy atom. The molecule has 0 saturated heterocycles. The Morgan fingerprint density at radius 2 is 1.44 bits per heavy atom. The lowest BCUT2D eigenvalue weighted by molar-refractivity contribution is -0.123. The predicted octanol–water partition coefficient (Wildman–Crippen LogP) is 8.83. The third kappa shape index (κ3) is 11.3. The van der Waals surface area contributed by atoms with Crippen LogP contribution >= 0.6 is 11.6 Å². The van der Waals surface area contributed by atoms with Gasteiger partial charge in [-0.05, 0) is 55.7 Å².